The predicted octanol–water partition coefficient (Wildman–Crippen LogP) is 5.66. The van der Waals surface area contributed by atoms with E-state index in [4.69, 9.17) is 4.18 Å². The van der Waals surface area contributed by atoms with Gasteiger partial charge in [-0.2, -0.15) is 21.6 Å². The third-order valence-corrected chi connectivity index (χ3v) is 14.2. The molecule has 0 radical (unpaired) electrons. The Labute approximate surface area is 234 Å². The average Bonchev–Trinajstić information content (AvgIpc) is 3.35. The molecule has 0 saturated heterocycles. The highest BCUT2D eigenvalue weighted by molar-refractivity contribution is 7.88. The lowest BCUT2D eigenvalue weighted by atomic mass is 10.1. The predicted molar refractivity (Wildman–Crippen MR) is 159 cm³/mol. The van der Waals surface area contributed by atoms with Gasteiger partial charge in [0.15, 0.2) is 13.8 Å². The molecule has 0 aliphatic heterocycles. The molecule has 200 valence electrons. The number of alkyl halides is 3. The molecule has 0 N–H and O–H groups in total. The van der Waals surface area contributed by atoms with Crippen molar-refractivity contribution in [2.45, 2.75) is 5.51 Å². The Morgan fingerprint density at radius 2 is 1.12 bits per heavy atom. The van der Waals surface area contributed by atoms with Gasteiger partial charge in [0.2, 0.25) is 0 Å². The van der Waals surface area contributed by atoms with Crippen molar-refractivity contribution in [3.8, 4) is 5.75 Å². The fraction of sp³-hybridized carbons (Fsp3) is 0.0323. The first-order valence-electron chi connectivity index (χ1n) is 12.4. The molecule has 0 aliphatic carbocycles. The molecule has 0 atom stereocenters. The van der Waals surface area contributed by atoms with E-state index in [0.29, 0.717) is 15.5 Å². The Hall–Kier alpha value is -3.92. The van der Waals surface area contributed by atoms with Gasteiger partial charge in [-0.3, -0.25) is 0 Å². The first kappa shape index (κ1) is 26.3. The van der Waals surface area contributed by atoms with Crippen molar-refractivity contribution in [2.24, 2.45) is 0 Å². The third kappa shape index (κ3) is 4.21. The number of hydrogen-bond donors (Lipinski definition) is 0. The zero-order chi connectivity index (χ0) is 28.0. The first-order valence-corrected chi connectivity index (χ1v) is 16.6. The van der Waals surface area contributed by atoms with Crippen molar-refractivity contribution in [3.05, 3.63) is 127 Å². The molecule has 0 fully saturated rings. The zero-order valence-electron chi connectivity index (χ0n) is 20.8. The van der Waals surface area contributed by atoms with Gasteiger partial charge >= 0.3 is 15.6 Å². The van der Waals surface area contributed by atoms with Crippen LogP contribution >= 0.6 is 11.3 Å². The molecule has 0 aliphatic rings. The molecule has 0 bridgehead atoms. The number of benzene rings is 5. The van der Waals surface area contributed by atoms with Crippen LogP contribution in [0.25, 0.3) is 20.2 Å². The summed E-state index contributed by atoms with van der Waals surface area (Å²) in [6, 6.07) is 41.1. The van der Waals surface area contributed by atoms with E-state index in [0.717, 1.165) is 25.4 Å². The molecule has 6 aromatic rings. The molecule has 40 heavy (non-hydrogen) atoms. The van der Waals surface area contributed by atoms with Gasteiger partial charge in [0, 0.05) is 20.2 Å². The molecular formula is C31H21F3O3S2Si. The van der Waals surface area contributed by atoms with Crippen LogP contribution in [-0.4, -0.2) is 22.0 Å². The van der Waals surface area contributed by atoms with E-state index >= 15 is 0 Å². The van der Waals surface area contributed by atoms with Crippen molar-refractivity contribution in [1.82, 2.24) is 0 Å². The highest BCUT2D eigenvalue weighted by Crippen LogP contribution is 2.41. The van der Waals surface area contributed by atoms with Crippen LogP contribution in [0.3, 0.4) is 0 Å². The maximum atomic E-state index is 13.2. The third-order valence-electron chi connectivity index (χ3n) is 6.99. The Morgan fingerprint density at radius 1 is 0.625 bits per heavy atom. The quantitative estimate of drug-likeness (QED) is 0.109. The monoisotopic (exact) mass is 590 g/mol. The minimum atomic E-state index is -5.84. The molecule has 0 spiro atoms. The first-order chi connectivity index (χ1) is 19.2. The van der Waals surface area contributed by atoms with Crippen molar-refractivity contribution in [2.75, 3.05) is 0 Å². The zero-order valence-corrected chi connectivity index (χ0v) is 23.4. The normalized spacial score (nSPS) is 12.6. The number of halogens is 3. The van der Waals surface area contributed by atoms with Crippen molar-refractivity contribution < 1.29 is 25.8 Å². The second-order valence-electron chi connectivity index (χ2n) is 9.24. The lowest BCUT2D eigenvalue weighted by molar-refractivity contribution is -0.0499. The van der Waals surface area contributed by atoms with Gasteiger partial charge in [-0.25, -0.2) is 0 Å². The summed E-state index contributed by atoms with van der Waals surface area (Å²) in [5, 5.41) is 5.48. The summed E-state index contributed by atoms with van der Waals surface area (Å²) >= 11 is 1.43. The SMILES string of the molecule is O=S(=O)(Oc1cccc2sc3c([Si](c4ccccc4)(c4ccccc4)c4ccccc4)cccc3c12)C(F)(F)F. The van der Waals surface area contributed by atoms with Crippen LogP contribution in [0, 0.1) is 0 Å². The average molecular weight is 591 g/mol. The van der Waals surface area contributed by atoms with Gasteiger partial charge in [0.25, 0.3) is 0 Å². The van der Waals surface area contributed by atoms with Gasteiger partial charge in [0.05, 0.1) is 0 Å². The summed E-state index contributed by atoms with van der Waals surface area (Å²) in [4.78, 5) is 0. The summed E-state index contributed by atoms with van der Waals surface area (Å²) in [5.41, 5.74) is -5.54. The summed E-state index contributed by atoms with van der Waals surface area (Å²) in [7, 11) is -8.79. The van der Waals surface area contributed by atoms with Crippen LogP contribution in [0.2, 0.25) is 0 Å². The lowest BCUT2D eigenvalue weighted by Crippen LogP contribution is -2.74. The van der Waals surface area contributed by atoms with Crippen LogP contribution in [0.15, 0.2) is 127 Å². The van der Waals surface area contributed by atoms with Crippen molar-refractivity contribution in [3.63, 3.8) is 0 Å². The van der Waals surface area contributed by atoms with Crippen LogP contribution < -0.4 is 24.9 Å². The number of thiophene rings is 1. The largest absolute Gasteiger partial charge is 0.534 e. The molecule has 6 rings (SSSR count). The fourth-order valence-corrected chi connectivity index (χ4v) is 12.4. The smallest absolute Gasteiger partial charge is 0.375 e. The molecule has 9 heteroatoms. The lowest BCUT2D eigenvalue weighted by Gasteiger charge is -2.34. The number of fused-ring (bicyclic) bond motifs is 3. The summed E-state index contributed by atoms with van der Waals surface area (Å²) < 4.78 is 69.8. The Kier molecular flexibility index (Phi) is 6.52. The molecule has 0 saturated carbocycles. The highest BCUT2D eigenvalue weighted by Gasteiger charge is 2.49. The maximum Gasteiger partial charge on any atom is 0.534 e. The van der Waals surface area contributed by atoms with Gasteiger partial charge in [-0.1, -0.05) is 115 Å². The summed E-state index contributed by atoms with van der Waals surface area (Å²) in [6.45, 7) is 0. The highest BCUT2D eigenvalue weighted by atomic mass is 32.2. The molecule has 0 unspecified atom stereocenters. The molecular weight excluding hydrogens is 570 g/mol. The summed E-state index contributed by atoms with van der Waals surface area (Å²) in [6.07, 6.45) is 0. The number of rotatable bonds is 6. The van der Waals surface area contributed by atoms with E-state index < -0.39 is 23.7 Å². The maximum absolute atomic E-state index is 13.2. The van der Waals surface area contributed by atoms with E-state index in [1.807, 2.05) is 66.7 Å². The molecule has 0 amide bonds. The Bertz CT molecular complexity index is 1830. The molecule has 3 nitrogen and oxygen atoms in total. The fourth-order valence-electron chi connectivity index (χ4n) is 5.38. The van der Waals surface area contributed by atoms with Crippen molar-refractivity contribution >= 4 is 70.4 Å². The molecule has 1 aromatic heterocycles. The van der Waals surface area contributed by atoms with Gasteiger partial charge in [0.1, 0.15) is 0 Å². The Morgan fingerprint density at radius 3 is 1.62 bits per heavy atom. The van der Waals surface area contributed by atoms with E-state index in [9.17, 15) is 21.6 Å². The Balaban J connectivity index is 1.73. The minimum Gasteiger partial charge on any atom is -0.375 e. The van der Waals surface area contributed by atoms with Crippen LogP contribution in [0.5, 0.6) is 5.75 Å². The second-order valence-corrected chi connectivity index (χ2v) is 15.6. The summed E-state index contributed by atoms with van der Waals surface area (Å²) in [5.74, 6) is -0.343. The topological polar surface area (TPSA) is 43.4 Å². The second kappa shape index (κ2) is 9.92. The van der Waals surface area contributed by atoms with E-state index in [1.54, 1.807) is 6.07 Å². The minimum absolute atomic E-state index is 0.342. The van der Waals surface area contributed by atoms with E-state index in [2.05, 4.69) is 42.5 Å². The van der Waals surface area contributed by atoms with Gasteiger partial charge in [-0.15, -0.1) is 11.3 Å². The van der Waals surface area contributed by atoms with E-state index in [-0.39, 0.29) is 5.75 Å². The van der Waals surface area contributed by atoms with Gasteiger partial charge in [-0.05, 0) is 32.9 Å². The van der Waals surface area contributed by atoms with E-state index in [1.165, 1.54) is 23.5 Å². The standard InChI is InChI=1S/C31H21F3O3S2Si/c32-31(33,34)39(35,36)37-26-19-11-20-27-29(26)25-18-10-21-28(30(25)38-27)40(22-12-4-1-5-13-22,23-14-6-2-7-15-23)24-16-8-3-9-17-24/h1-21H. The van der Waals surface area contributed by atoms with Crippen LogP contribution in [0.4, 0.5) is 13.2 Å². The van der Waals surface area contributed by atoms with Gasteiger partial charge < -0.3 is 4.18 Å². The molecule has 5 aromatic carbocycles. The van der Waals surface area contributed by atoms with Crippen molar-refractivity contribution in [1.29, 1.82) is 0 Å². The molecule has 1 heterocycles. The van der Waals surface area contributed by atoms with Crippen LogP contribution in [-0.2, 0) is 10.1 Å². The number of hydrogen-bond acceptors (Lipinski definition) is 4. The van der Waals surface area contributed by atoms with Crippen LogP contribution in [0.1, 0.15) is 0 Å².